The highest BCUT2D eigenvalue weighted by Gasteiger charge is 2.31. The third-order valence-electron chi connectivity index (χ3n) is 6.08. The number of halogens is 3. The average molecular weight is 551 g/mol. The maximum absolute atomic E-state index is 12.4. The van der Waals surface area contributed by atoms with Crippen LogP contribution in [0.2, 0.25) is 0 Å². The van der Waals surface area contributed by atoms with Gasteiger partial charge in [0.25, 0.3) is 0 Å². The van der Waals surface area contributed by atoms with Crippen LogP contribution in [0.15, 0.2) is 89.3 Å². The number of ether oxygens (including phenoxy) is 1. The van der Waals surface area contributed by atoms with E-state index in [1.54, 1.807) is 11.8 Å². The van der Waals surface area contributed by atoms with Crippen molar-refractivity contribution in [2.75, 3.05) is 10.8 Å². The van der Waals surface area contributed by atoms with Crippen molar-refractivity contribution in [1.29, 1.82) is 0 Å². The molecule has 0 spiro atoms. The first-order valence-corrected chi connectivity index (χ1v) is 13.2. The molecule has 11 heteroatoms. The first-order valence-electron chi connectivity index (χ1n) is 12.2. The molecule has 0 N–H and O–H groups in total. The highest BCUT2D eigenvalue weighted by Crippen LogP contribution is 2.35. The lowest BCUT2D eigenvalue weighted by atomic mass is 10.0. The van der Waals surface area contributed by atoms with Gasteiger partial charge in [0.2, 0.25) is 0 Å². The highest BCUT2D eigenvalue weighted by atomic mass is 32.2. The molecule has 0 saturated carbocycles. The van der Waals surface area contributed by atoms with E-state index in [1.807, 2.05) is 37.3 Å². The summed E-state index contributed by atoms with van der Waals surface area (Å²) in [6, 6.07) is 21.4. The number of para-hydroxylation sites is 1. The zero-order valence-corrected chi connectivity index (χ0v) is 22.2. The molecule has 1 fully saturated rings. The molecule has 0 atom stereocenters. The van der Waals surface area contributed by atoms with E-state index in [4.69, 9.17) is 0 Å². The Kier molecular flexibility index (Phi) is 7.42. The molecule has 0 bridgehead atoms. The molecular formula is C28H25F3N6OS. The number of anilines is 1. The van der Waals surface area contributed by atoms with Crippen LogP contribution in [0.5, 0.6) is 5.75 Å². The third-order valence-corrected chi connectivity index (χ3v) is 7.02. The molecule has 0 amide bonds. The van der Waals surface area contributed by atoms with Gasteiger partial charge in [0.15, 0.2) is 11.0 Å². The number of hydrogen-bond donors (Lipinski definition) is 0. The van der Waals surface area contributed by atoms with Gasteiger partial charge in [-0.3, -0.25) is 0 Å². The Morgan fingerprint density at radius 3 is 2.36 bits per heavy atom. The van der Waals surface area contributed by atoms with Gasteiger partial charge in [-0.2, -0.15) is 5.10 Å². The number of nitrogens with zero attached hydrogens (tertiary/aromatic N) is 6. The molecule has 200 valence electrons. The predicted octanol–water partition coefficient (Wildman–Crippen LogP) is 7.25. The van der Waals surface area contributed by atoms with E-state index in [0.29, 0.717) is 17.4 Å². The second-order valence-corrected chi connectivity index (χ2v) is 10.0. The predicted molar refractivity (Wildman–Crippen MR) is 149 cm³/mol. The van der Waals surface area contributed by atoms with Crippen molar-refractivity contribution in [3.05, 3.63) is 90.3 Å². The molecule has 0 unspecified atom stereocenters. The fourth-order valence-corrected chi connectivity index (χ4v) is 4.73. The fourth-order valence-electron chi connectivity index (χ4n) is 4.02. The lowest BCUT2D eigenvalue weighted by Crippen LogP contribution is -2.39. The lowest BCUT2D eigenvalue weighted by molar-refractivity contribution is -0.274. The summed E-state index contributed by atoms with van der Waals surface area (Å²) in [5.41, 5.74) is 5.49. The van der Waals surface area contributed by atoms with Gasteiger partial charge < -0.3 is 9.64 Å². The third kappa shape index (κ3) is 6.14. The molecule has 1 aliphatic heterocycles. The summed E-state index contributed by atoms with van der Waals surface area (Å²) in [7, 11) is 0. The van der Waals surface area contributed by atoms with Crippen molar-refractivity contribution in [3.63, 3.8) is 0 Å². The molecule has 39 heavy (non-hydrogen) atoms. The number of aromatic nitrogens is 3. The van der Waals surface area contributed by atoms with Crippen LogP contribution in [0.4, 0.5) is 18.9 Å². The quantitative estimate of drug-likeness (QED) is 0.179. The van der Waals surface area contributed by atoms with E-state index in [0.717, 1.165) is 27.9 Å². The van der Waals surface area contributed by atoms with E-state index in [9.17, 15) is 13.2 Å². The summed E-state index contributed by atoms with van der Waals surface area (Å²) in [5.74, 6) is 1.44. The van der Waals surface area contributed by atoms with Crippen LogP contribution < -0.4 is 9.64 Å². The van der Waals surface area contributed by atoms with Crippen molar-refractivity contribution in [1.82, 2.24) is 14.8 Å². The van der Waals surface area contributed by atoms with Crippen molar-refractivity contribution < 1.29 is 17.9 Å². The van der Waals surface area contributed by atoms with E-state index < -0.39 is 6.36 Å². The van der Waals surface area contributed by atoms with E-state index >= 15 is 0 Å². The van der Waals surface area contributed by atoms with Gasteiger partial charge >= 0.3 is 6.36 Å². The summed E-state index contributed by atoms with van der Waals surface area (Å²) < 4.78 is 42.5. The second kappa shape index (κ2) is 10.9. The van der Waals surface area contributed by atoms with Crippen LogP contribution in [0.3, 0.4) is 0 Å². The van der Waals surface area contributed by atoms with Crippen LogP contribution in [0.1, 0.15) is 37.8 Å². The average Bonchev–Trinajstić information content (AvgIpc) is 3.38. The van der Waals surface area contributed by atoms with Gasteiger partial charge in [0, 0.05) is 11.3 Å². The molecule has 3 aromatic carbocycles. The molecule has 0 radical (unpaired) electrons. The van der Waals surface area contributed by atoms with Crippen molar-refractivity contribution >= 4 is 28.3 Å². The molecule has 7 nitrogen and oxygen atoms in total. The monoisotopic (exact) mass is 550 g/mol. The van der Waals surface area contributed by atoms with Gasteiger partial charge in [-0.1, -0.05) is 68.1 Å². The molecule has 2 heterocycles. The SMILES string of the molecule is CC(=NN=C1SCN1c1ccccc1C(C)C)c1ccc(-c2ncn(-c3ccc(OC(F)(F)F)cc3)n2)cc1. The smallest absolute Gasteiger partial charge is 0.406 e. The number of thioether (sulfide) groups is 1. The zero-order chi connectivity index (χ0) is 27.6. The van der Waals surface area contributed by atoms with Crippen LogP contribution >= 0.6 is 11.8 Å². The number of hydrogen-bond acceptors (Lipinski definition) is 6. The van der Waals surface area contributed by atoms with Crippen LogP contribution in [-0.2, 0) is 0 Å². The van der Waals surface area contributed by atoms with Crippen molar-refractivity contribution in [3.8, 4) is 22.8 Å². The largest absolute Gasteiger partial charge is 0.573 e. The normalized spacial score (nSPS) is 15.1. The first-order chi connectivity index (χ1) is 18.7. The lowest BCUT2D eigenvalue weighted by Gasteiger charge is -2.35. The van der Waals surface area contributed by atoms with Crippen LogP contribution in [-0.4, -0.2) is 37.9 Å². The van der Waals surface area contributed by atoms with Crippen molar-refractivity contribution in [2.45, 2.75) is 33.1 Å². The molecular weight excluding hydrogens is 525 g/mol. The van der Waals surface area contributed by atoms with Crippen LogP contribution in [0.25, 0.3) is 17.1 Å². The second-order valence-electron chi connectivity index (χ2n) is 9.11. The Labute approximate surface area is 228 Å². The summed E-state index contributed by atoms with van der Waals surface area (Å²) >= 11 is 1.66. The maximum atomic E-state index is 12.4. The van der Waals surface area contributed by atoms with E-state index in [1.165, 1.54) is 46.5 Å². The van der Waals surface area contributed by atoms with E-state index in [2.05, 4.69) is 62.0 Å². The summed E-state index contributed by atoms with van der Waals surface area (Å²) in [5, 5.41) is 14.3. The Morgan fingerprint density at radius 2 is 1.72 bits per heavy atom. The molecule has 0 aliphatic carbocycles. The standard InChI is InChI=1S/C28H25F3N6OS/c1-18(2)24-6-4-5-7-25(24)36-17-39-27(36)34-33-19(3)20-8-10-21(11-9-20)26-32-16-37(35-26)22-12-14-23(15-13-22)38-28(29,30)31/h4-16,18H,17H2,1-3H3. The summed E-state index contributed by atoms with van der Waals surface area (Å²) in [4.78, 5) is 6.51. The minimum atomic E-state index is -4.74. The number of alkyl halides is 3. The van der Waals surface area contributed by atoms with Gasteiger partial charge in [-0.15, -0.1) is 23.4 Å². The molecule has 1 aromatic heterocycles. The van der Waals surface area contributed by atoms with Crippen LogP contribution in [0, 0.1) is 0 Å². The van der Waals surface area contributed by atoms with Gasteiger partial charge in [-0.05, 0) is 54.3 Å². The van der Waals surface area contributed by atoms with Gasteiger partial charge in [0.1, 0.15) is 12.1 Å². The Hall–Kier alpha value is -4.12. The molecule has 5 rings (SSSR count). The molecule has 1 aliphatic rings. The van der Waals surface area contributed by atoms with E-state index in [-0.39, 0.29) is 5.75 Å². The first kappa shape index (κ1) is 26.5. The topological polar surface area (TPSA) is 67.9 Å². The number of rotatable bonds is 7. The summed E-state index contributed by atoms with van der Waals surface area (Å²) in [6.45, 7) is 6.28. The minimum Gasteiger partial charge on any atom is -0.406 e. The number of amidine groups is 1. The highest BCUT2D eigenvalue weighted by molar-refractivity contribution is 8.16. The maximum Gasteiger partial charge on any atom is 0.573 e. The zero-order valence-electron chi connectivity index (χ0n) is 21.4. The minimum absolute atomic E-state index is 0.298. The summed E-state index contributed by atoms with van der Waals surface area (Å²) in [6.07, 6.45) is -3.23. The van der Waals surface area contributed by atoms with Crippen molar-refractivity contribution in [2.24, 2.45) is 10.2 Å². The Bertz CT molecular complexity index is 1510. The van der Waals surface area contributed by atoms with Gasteiger partial charge in [-0.25, -0.2) is 9.67 Å². The molecule has 4 aromatic rings. The number of benzene rings is 3. The molecule has 1 saturated heterocycles. The van der Waals surface area contributed by atoms with Gasteiger partial charge in [0.05, 0.1) is 17.3 Å². The Balaban J connectivity index is 1.27. The Morgan fingerprint density at radius 1 is 1.00 bits per heavy atom. The fraction of sp³-hybridized carbons (Fsp3) is 0.214.